The van der Waals surface area contributed by atoms with Crippen molar-refractivity contribution in [2.24, 2.45) is 0 Å². The van der Waals surface area contributed by atoms with Crippen LogP contribution in [-0.4, -0.2) is 12.5 Å². The molecule has 102 valence electrons. The van der Waals surface area contributed by atoms with Gasteiger partial charge in [-0.15, -0.1) is 0 Å². The molecule has 0 aliphatic carbocycles. The van der Waals surface area contributed by atoms with E-state index in [1.165, 1.54) is 5.56 Å². The van der Waals surface area contributed by atoms with Crippen LogP contribution in [0.4, 0.5) is 11.4 Å². The number of halogens is 1. The topological polar surface area (TPSA) is 46.3 Å². The number of carbonyl (C=O) groups is 1. The van der Waals surface area contributed by atoms with Gasteiger partial charge in [-0.05, 0) is 58.6 Å². The number of fused-ring (bicyclic) bond motifs is 1. The Morgan fingerprint density at radius 1 is 1.20 bits per heavy atom. The Hall–Kier alpha value is -1.81. The van der Waals surface area contributed by atoms with Crippen LogP contribution >= 0.6 is 15.9 Å². The van der Waals surface area contributed by atoms with Crippen LogP contribution in [-0.2, 0) is 6.42 Å². The first-order valence-electron chi connectivity index (χ1n) is 6.61. The molecule has 0 spiro atoms. The van der Waals surface area contributed by atoms with Crippen LogP contribution in [0.2, 0.25) is 0 Å². The second-order valence-electron chi connectivity index (χ2n) is 4.93. The van der Waals surface area contributed by atoms with Crippen molar-refractivity contribution in [3.05, 3.63) is 58.1 Å². The van der Waals surface area contributed by atoms with Crippen molar-refractivity contribution in [3.63, 3.8) is 0 Å². The van der Waals surface area contributed by atoms with Gasteiger partial charge in [-0.25, -0.2) is 0 Å². The maximum absolute atomic E-state index is 12.7. The number of hydrogen-bond donors (Lipinski definition) is 1. The van der Waals surface area contributed by atoms with E-state index >= 15 is 0 Å². The Bertz CT molecular complexity index is 669. The van der Waals surface area contributed by atoms with Gasteiger partial charge in [0.15, 0.2) is 0 Å². The third kappa shape index (κ3) is 2.31. The third-order valence-corrected chi connectivity index (χ3v) is 4.29. The molecule has 1 heterocycles. The predicted molar refractivity (Wildman–Crippen MR) is 85.0 cm³/mol. The van der Waals surface area contributed by atoms with E-state index in [0.717, 1.165) is 29.5 Å². The highest BCUT2D eigenvalue weighted by atomic mass is 79.9. The van der Waals surface area contributed by atoms with Gasteiger partial charge in [0, 0.05) is 28.0 Å². The van der Waals surface area contributed by atoms with Crippen molar-refractivity contribution in [2.75, 3.05) is 17.2 Å². The molecule has 0 radical (unpaired) electrons. The molecule has 4 heteroatoms. The lowest BCUT2D eigenvalue weighted by Gasteiger charge is -2.29. The van der Waals surface area contributed by atoms with Gasteiger partial charge in [0.1, 0.15) is 0 Å². The van der Waals surface area contributed by atoms with Crippen molar-refractivity contribution in [2.45, 2.75) is 12.8 Å². The van der Waals surface area contributed by atoms with Gasteiger partial charge >= 0.3 is 0 Å². The van der Waals surface area contributed by atoms with Crippen LogP contribution in [0.5, 0.6) is 0 Å². The quantitative estimate of drug-likeness (QED) is 0.811. The van der Waals surface area contributed by atoms with Gasteiger partial charge in [-0.2, -0.15) is 0 Å². The minimum Gasteiger partial charge on any atom is -0.398 e. The number of anilines is 2. The number of nitrogens with two attached hydrogens (primary N) is 1. The Kier molecular flexibility index (Phi) is 3.49. The lowest BCUT2D eigenvalue weighted by atomic mass is 10.0. The smallest absolute Gasteiger partial charge is 0.258 e. The van der Waals surface area contributed by atoms with Gasteiger partial charge in [0.25, 0.3) is 5.91 Å². The Morgan fingerprint density at radius 2 is 2.00 bits per heavy atom. The summed E-state index contributed by atoms with van der Waals surface area (Å²) in [7, 11) is 0. The van der Waals surface area contributed by atoms with Crippen molar-refractivity contribution in [1.29, 1.82) is 0 Å². The van der Waals surface area contributed by atoms with Crippen LogP contribution < -0.4 is 10.6 Å². The molecule has 0 atom stereocenters. The Morgan fingerprint density at radius 3 is 2.80 bits per heavy atom. The molecule has 0 saturated heterocycles. The monoisotopic (exact) mass is 330 g/mol. The summed E-state index contributed by atoms with van der Waals surface area (Å²) < 4.78 is 0.758. The first kappa shape index (κ1) is 13.2. The van der Waals surface area contributed by atoms with Crippen molar-refractivity contribution in [3.8, 4) is 0 Å². The number of rotatable bonds is 1. The van der Waals surface area contributed by atoms with Crippen molar-refractivity contribution in [1.82, 2.24) is 0 Å². The van der Waals surface area contributed by atoms with E-state index in [1.54, 1.807) is 18.2 Å². The summed E-state index contributed by atoms with van der Waals surface area (Å²) in [6.45, 7) is 0.762. The van der Waals surface area contributed by atoms with E-state index in [1.807, 2.05) is 23.1 Å². The number of benzene rings is 2. The molecular weight excluding hydrogens is 316 g/mol. The van der Waals surface area contributed by atoms with E-state index in [-0.39, 0.29) is 5.91 Å². The van der Waals surface area contributed by atoms with Crippen LogP contribution in [0, 0.1) is 0 Å². The zero-order chi connectivity index (χ0) is 14.1. The molecule has 2 N–H and O–H groups in total. The van der Waals surface area contributed by atoms with Gasteiger partial charge in [-0.1, -0.05) is 18.2 Å². The van der Waals surface area contributed by atoms with E-state index in [0.29, 0.717) is 11.3 Å². The normalized spacial score (nSPS) is 13.9. The molecule has 1 aliphatic rings. The second kappa shape index (κ2) is 5.29. The molecule has 2 aromatic rings. The first-order valence-corrected chi connectivity index (χ1v) is 7.41. The standard InChI is InChI=1S/C16H15BrN2O/c17-13-10-12(7-8-14(13)18)16(20)19-9-3-5-11-4-1-2-6-15(11)19/h1-2,4,6-8,10H,3,5,9,18H2. The average molecular weight is 331 g/mol. The highest BCUT2D eigenvalue weighted by Gasteiger charge is 2.23. The minimum atomic E-state index is 0.0258. The average Bonchev–Trinajstić information content (AvgIpc) is 2.49. The highest BCUT2D eigenvalue weighted by Crippen LogP contribution is 2.29. The fraction of sp³-hybridized carbons (Fsp3) is 0.188. The molecule has 1 amide bonds. The van der Waals surface area contributed by atoms with E-state index in [9.17, 15) is 4.79 Å². The van der Waals surface area contributed by atoms with Gasteiger partial charge in [0.05, 0.1) is 0 Å². The third-order valence-electron chi connectivity index (χ3n) is 3.60. The summed E-state index contributed by atoms with van der Waals surface area (Å²) in [6.07, 6.45) is 2.03. The zero-order valence-corrected chi connectivity index (χ0v) is 12.6. The second-order valence-corrected chi connectivity index (χ2v) is 5.78. The molecule has 0 bridgehead atoms. The maximum Gasteiger partial charge on any atom is 0.258 e. The Labute approximate surface area is 126 Å². The van der Waals surface area contributed by atoms with Crippen LogP contribution in [0.1, 0.15) is 22.3 Å². The number of carbonyl (C=O) groups excluding carboxylic acids is 1. The zero-order valence-electron chi connectivity index (χ0n) is 11.0. The molecule has 0 aromatic heterocycles. The molecule has 0 saturated carbocycles. The minimum absolute atomic E-state index is 0.0258. The van der Waals surface area contributed by atoms with Crippen LogP contribution in [0.15, 0.2) is 46.9 Å². The van der Waals surface area contributed by atoms with E-state index in [4.69, 9.17) is 5.73 Å². The van der Waals surface area contributed by atoms with E-state index in [2.05, 4.69) is 22.0 Å². The summed E-state index contributed by atoms with van der Waals surface area (Å²) in [5, 5.41) is 0. The van der Waals surface area contributed by atoms with Crippen LogP contribution in [0.25, 0.3) is 0 Å². The highest BCUT2D eigenvalue weighted by molar-refractivity contribution is 9.10. The largest absolute Gasteiger partial charge is 0.398 e. The summed E-state index contributed by atoms with van der Waals surface area (Å²) in [4.78, 5) is 14.5. The molecule has 3 rings (SSSR count). The molecule has 20 heavy (non-hydrogen) atoms. The Balaban J connectivity index is 1.97. The number of nitrogen functional groups attached to an aromatic ring is 1. The summed E-state index contributed by atoms with van der Waals surface area (Å²) in [5.74, 6) is 0.0258. The van der Waals surface area contributed by atoms with Crippen molar-refractivity contribution >= 4 is 33.2 Å². The number of amides is 1. The van der Waals surface area contributed by atoms with Gasteiger partial charge in [-0.3, -0.25) is 4.79 Å². The maximum atomic E-state index is 12.7. The summed E-state index contributed by atoms with van der Waals surface area (Å²) >= 11 is 3.37. The number of para-hydroxylation sites is 1. The summed E-state index contributed by atoms with van der Waals surface area (Å²) in [6, 6.07) is 13.4. The number of nitrogens with zero attached hydrogens (tertiary/aromatic N) is 1. The molecule has 0 unspecified atom stereocenters. The van der Waals surface area contributed by atoms with E-state index < -0.39 is 0 Å². The summed E-state index contributed by atoms with van der Waals surface area (Å²) in [5.41, 5.74) is 9.33. The molecule has 0 fully saturated rings. The molecule has 2 aromatic carbocycles. The van der Waals surface area contributed by atoms with Crippen LogP contribution in [0.3, 0.4) is 0 Å². The SMILES string of the molecule is Nc1ccc(C(=O)N2CCCc3ccccc32)cc1Br. The fourth-order valence-electron chi connectivity index (χ4n) is 2.56. The molecule has 3 nitrogen and oxygen atoms in total. The lowest BCUT2D eigenvalue weighted by Crippen LogP contribution is -2.35. The van der Waals surface area contributed by atoms with Crippen molar-refractivity contribution < 1.29 is 4.79 Å². The lowest BCUT2D eigenvalue weighted by molar-refractivity contribution is 0.0985. The number of aryl methyl sites for hydroxylation is 1. The predicted octanol–water partition coefficient (Wildman–Crippen LogP) is 3.62. The fourth-order valence-corrected chi connectivity index (χ4v) is 2.94. The van der Waals surface area contributed by atoms with Gasteiger partial charge in [0.2, 0.25) is 0 Å². The molecular formula is C16H15BrN2O. The number of hydrogen-bond acceptors (Lipinski definition) is 2. The first-order chi connectivity index (χ1) is 9.66. The van der Waals surface area contributed by atoms with Gasteiger partial charge < -0.3 is 10.6 Å². The molecule has 1 aliphatic heterocycles.